The second kappa shape index (κ2) is 6.02. The van der Waals surface area contributed by atoms with Gasteiger partial charge in [0.25, 0.3) is 5.69 Å². The maximum Gasteiger partial charge on any atom is 0.292 e. The Morgan fingerprint density at radius 3 is 3.00 bits per heavy atom. The Morgan fingerprint density at radius 2 is 2.32 bits per heavy atom. The molecule has 0 aliphatic carbocycles. The van der Waals surface area contributed by atoms with Gasteiger partial charge in [-0.2, -0.15) is 0 Å². The lowest BCUT2D eigenvalue weighted by Gasteiger charge is -2.29. The van der Waals surface area contributed by atoms with Crippen molar-refractivity contribution in [3.63, 3.8) is 0 Å². The van der Waals surface area contributed by atoms with Crippen molar-refractivity contribution in [1.82, 2.24) is 4.90 Å². The number of nitrogens with zero attached hydrogens (tertiary/aromatic N) is 2. The minimum atomic E-state index is -0.317. The van der Waals surface area contributed by atoms with Gasteiger partial charge in [0.2, 0.25) is 0 Å². The molecule has 0 radical (unpaired) electrons. The van der Waals surface area contributed by atoms with Gasteiger partial charge in [0.15, 0.2) is 0 Å². The Hall–Kier alpha value is -1.62. The fraction of sp³-hybridized carbons (Fsp3) is 0.571. The predicted molar refractivity (Wildman–Crippen MR) is 76.5 cm³/mol. The number of hydrogen-bond acceptors (Lipinski definition) is 4. The molecule has 104 valence electrons. The highest BCUT2D eigenvalue weighted by atomic mass is 16.6. The Balaban J connectivity index is 2.01. The molecule has 1 atom stereocenters. The van der Waals surface area contributed by atoms with E-state index in [9.17, 15) is 10.1 Å². The molecule has 0 aromatic heterocycles. The Bertz CT molecular complexity index is 462. The first-order valence-corrected chi connectivity index (χ1v) is 6.73. The fourth-order valence-electron chi connectivity index (χ4n) is 2.64. The molecule has 1 N–H and O–H groups in total. The van der Waals surface area contributed by atoms with E-state index in [4.69, 9.17) is 0 Å². The molecule has 5 heteroatoms. The molecule has 1 aromatic carbocycles. The lowest BCUT2D eigenvalue weighted by Crippen LogP contribution is -2.35. The molecule has 0 saturated carbocycles. The van der Waals surface area contributed by atoms with Crippen LogP contribution < -0.4 is 5.32 Å². The van der Waals surface area contributed by atoms with E-state index in [0.29, 0.717) is 11.6 Å². The highest BCUT2D eigenvalue weighted by Gasteiger charge is 2.19. The van der Waals surface area contributed by atoms with Crippen molar-refractivity contribution in [3.8, 4) is 0 Å². The molecule has 0 bridgehead atoms. The first-order valence-electron chi connectivity index (χ1n) is 6.73. The molecule has 1 saturated heterocycles. The highest BCUT2D eigenvalue weighted by molar-refractivity contribution is 5.62. The first kappa shape index (κ1) is 13.8. The van der Waals surface area contributed by atoms with Gasteiger partial charge >= 0.3 is 0 Å². The molecular weight excluding hydrogens is 242 g/mol. The van der Waals surface area contributed by atoms with Gasteiger partial charge in [0.1, 0.15) is 5.69 Å². The van der Waals surface area contributed by atoms with Crippen molar-refractivity contribution in [2.24, 2.45) is 5.92 Å². The number of aryl methyl sites for hydroxylation is 1. The quantitative estimate of drug-likeness (QED) is 0.670. The summed E-state index contributed by atoms with van der Waals surface area (Å²) in [4.78, 5) is 13.0. The average molecular weight is 263 g/mol. The number of piperidine rings is 1. The summed E-state index contributed by atoms with van der Waals surface area (Å²) in [5, 5.41) is 14.3. The third kappa shape index (κ3) is 3.67. The van der Waals surface area contributed by atoms with Crippen LogP contribution in [0.2, 0.25) is 0 Å². The lowest BCUT2D eigenvalue weighted by atomic mass is 9.98. The van der Waals surface area contributed by atoms with Crippen LogP contribution >= 0.6 is 0 Å². The number of nitro groups is 1. The van der Waals surface area contributed by atoms with Crippen LogP contribution in [0.25, 0.3) is 0 Å². The molecule has 0 spiro atoms. The summed E-state index contributed by atoms with van der Waals surface area (Å²) in [6.45, 7) is 4.88. The predicted octanol–water partition coefficient (Wildman–Crippen LogP) is 2.66. The second-order valence-electron chi connectivity index (χ2n) is 5.43. The van der Waals surface area contributed by atoms with Crippen LogP contribution in [0.4, 0.5) is 11.4 Å². The Kier molecular flexibility index (Phi) is 4.37. The van der Waals surface area contributed by atoms with Crippen LogP contribution in [-0.4, -0.2) is 36.5 Å². The van der Waals surface area contributed by atoms with Gasteiger partial charge in [-0.1, -0.05) is 6.07 Å². The van der Waals surface area contributed by atoms with Gasteiger partial charge in [0.05, 0.1) is 4.92 Å². The van der Waals surface area contributed by atoms with E-state index in [1.54, 1.807) is 12.1 Å². The van der Waals surface area contributed by atoms with E-state index in [1.165, 1.54) is 12.8 Å². The number of nitrogens with one attached hydrogen (secondary N) is 1. The van der Waals surface area contributed by atoms with Gasteiger partial charge < -0.3 is 10.2 Å². The van der Waals surface area contributed by atoms with Crippen molar-refractivity contribution in [2.75, 3.05) is 32.0 Å². The van der Waals surface area contributed by atoms with Crippen LogP contribution in [-0.2, 0) is 0 Å². The third-order valence-corrected chi connectivity index (χ3v) is 3.65. The topological polar surface area (TPSA) is 58.4 Å². The summed E-state index contributed by atoms with van der Waals surface area (Å²) in [5.41, 5.74) is 1.71. The Labute approximate surface area is 113 Å². The molecule has 0 amide bonds. The largest absolute Gasteiger partial charge is 0.379 e. The van der Waals surface area contributed by atoms with E-state index in [1.807, 2.05) is 13.0 Å². The SMILES string of the molecule is Cc1ccc(NCC2CCCN(C)C2)c([N+](=O)[O-])c1. The monoisotopic (exact) mass is 263 g/mol. The van der Waals surface area contributed by atoms with Gasteiger partial charge in [-0.25, -0.2) is 0 Å². The highest BCUT2D eigenvalue weighted by Crippen LogP contribution is 2.26. The summed E-state index contributed by atoms with van der Waals surface area (Å²) in [6.07, 6.45) is 2.40. The third-order valence-electron chi connectivity index (χ3n) is 3.65. The fourth-order valence-corrected chi connectivity index (χ4v) is 2.64. The first-order chi connectivity index (χ1) is 9.06. The number of likely N-dealkylation sites (tertiary alicyclic amines) is 1. The minimum absolute atomic E-state index is 0.171. The number of rotatable bonds is 4. The standard InChI is InChI=1S/C14H21N3O2/c1-11-5-6-13(14(8-11)17(18)19)15-9-12-4-3-7-16(2)10-12/h5-6,8,12,15H,3-4,7,9-10H2,1-2H3. The molecule has 2 rings (SSSR count). The molecule has 1 fully saturated rings. The van der Waals surface area contributed by atoms with Crippen molar-refractivity contribution in [2.45, 2.75) is 19.8 Å². The summed E-state index contributed by atoms with van der Waals surface area (Å²) < 4.78 is 0. The summed E-state index contributed by atoms with van der Waals surface area (Å²) in [6, 6.07) is 5.33. The molecule has 19 heavy (non-hydrogen) atoms. The zero-order valence-electron chi connectivity index (χ0n) is 11.6. The number of anilines is 1. The van der Waals surface area contributed by atoms with E-state index < -0.39 is 0 Å². The van der Waals surface area contributed by atoms with E-state index in [-0.39, 0.29) is 10.6 Å². The number of hydrogen-bond donors (Lipinski definition) is 1. The molecule has 1 aromatic rings. The maximum atomic E-state index is 11.0. The van der Waals surface area contributed by atoms with Crippen LogP contribution in [0.5, 0.6) is 0 Å². The summed E-state index contributed by atoms with van der Waals surface area (Å²) in [5.74, 6) is 0.569. The molecule has 1 heterocycles. The molecule has 1 unspecified atom stereocenters. The maximum absolute atomic E-state index is 11.0. The second-order valence-corrected chi connectivity index (χ2v) is 5.43. The normalized spacial score (nSPS) is 20.2. The van der Waals surface area contributed by atoms with Gasteiger partial charge in [0, 0.05) is 19.2 Å². The van der Waals surface area contributed by atoms with E-state index >= 15 is 0 Å². The average Bonchev–Trinajstić information content (AvgIpc) is 2.37. The molecule has 5 nitrogen and oxygen atoms in total. The number of benzene rings is 1. The van der Waals surface area contributed by atoms with Crippen molar-refractivity contribution < 1.29 is 4.92 Å². The van der Waals surface area contributed by atoms with E-state index in [2.05, 4.69) is 17.3 Å². The summed E-state index contributed by atoms with van der Waals surface area (Å²) >= 11 is 0. The molecule has 1 aliphatic heterocycles. The minimum Gasteiger partial charge on any atom is -0.379 e. The molecule has 1 aliphatic rings. The smallest absolute Gasteiger partial charge is 0.292 e. The van der Waals surface area contributed by atoms with Gasteiger partial charge in [-0.3, -0.25) is 10.1 Å². The Morgan fingerprint density at radius 1 is 1.53 bits per heavy atom. The van der Waals surface area contributed by atoms with Gasteiger partial charge in [-0.15, -0.1) is 0 Å². The summed E-state index contributed by atoms with van der Waals surface area (Å²) in [7, 11) is 2.13. The van der Waals surface area contributed by atoms with Crippen LogP contribution in [0.15, 0.2) is 18.2 Å². The zero-order chi connectivity index (χ0) is 13.8. The van der Waals surface area contributed by atoms with Gasteiger partial charge in [-0.05, 0) is 50.9 Å². The number of nitro benzene ring substituents is 1. The van der Waals surface area contributed by atoms with E-state index in [0.717, 1.165) is 25.2 Å². The van der Waals surface area contributed by atoms with Crippen molar-refractivity contribution >= 4 is 11.4 Å². The van der Waals surface area contributed by atoms with Crippen molar-refractivity contribution in [3.05, 3.63) is 33.9 Å². The van der Waals surface area contributed by atoms with Crippen LogP contribution in [0.1, 0.15) is 18.4 Å². The lowest BCUT2D eigenvalue weighted by molar-refractivity contribution is -0.384. The van der Waals surface area contributed by atoms with Crippen molar-refractivity contribution in [1.29, 1.82) is 0 Å². The molecular formula is C14H21N3O2. The van der Waals surface area contributed by atoms with Crippen LogP contribution in [0, 0.1) is 23.0 Å². The van der Waals surface area contributed by atoms with Crippen LogP contribution in [0.3, 0.4) is 0 Å². The zero-order valence-corrected chi connectivity index (χ0v) is 11.6.